The maximum Gasteiger partial charge on any atom is 0.306 e. The molecule has 196 valence electrons. The van der Waals surface area contributed by atoms with E-state index in [9.17, 15) is 15.0 Å². The van der Waals surface area contributed by atoms with E-state index in [0.717, 1.165) is 19.3 Å². The molecule has 1 aliphatic heterocycles. The highest BCUT2D eigenvalue weighted by atomic mass is 16.6. The second kappa shape index (κ2) is 20.7. The highest BCUT2D eigenvalue weighted by molar-refractivity contribution is 5.69. The number of ether oxygens (including phenoxy) is 2. The normalized spacial score (nSPS) is 21.4. The van der Waals surface area contributed by atoms with Crippen molar-refractivity contribution in [3.63, 3.8) is 0 Å². The molecular formula is C27H52O6. The zero-order valence-electron chi connectivity index (χ0n) is 21.2. The number of hydrogen-bond donors (Lipinski definition) is 3. The van der Waals surface area contributed by atoms with E-state index in [1.165, 1.54) is 96.3 Å². The molecule has 4 atom stereocenters. The molecular weight excluding hydrogens is 420 g/mol. The van der Waals surface area contributed by atoms with Crippen LogP contribution in [0.15, 0.2) is 0 Å². The third kappa shape index (κ3) is 15.0. The van der Waals surface area contributed by atoms with Gasteiger partial charge in [0.25, 0.3) is 0 Å². The molecule has 0 unspecified atom stereocenters. The summed E-state index contributed by atoms with van der Waals surface area (Å²) in [6.45, 7) is 1.82. The summed E-state index contributed by atoms with van der Waals surface area (Å²) in [5.41, 5.74) is 0. The molecule has 0 aromatic heterocycles. The summed E-state index contributed by atoms with van der Waals surface area (Å²) in [7, 11) is 0. The quantitative estimate of drug-likeness (QED) is 0.143. The van der Waals surface area contributed by atoms with Crippen LogP contribution in [0.4, 0.5) is 0 Å². The second-order valence-electron chi connectivity index (χ2n) is 9.83. The molecule has 0 bridgehead atoms. The molecule has 0 radical (unpaired) electrons. The van der Waals surface area contributed by atoms with E-state index < -0.39 is 31.0 Å². The van der Waals surface area contributed by atoms with Gasteiger partial charge in [0.05, 0.1) is 13.2 Å². The smallest absolute Gasteiger partial charge is 0.306 e. The Labute approximate surface area is 202 Å². The van der Waals surface area contributed by atoms with E-state index >= 15 is 0 Å². The van der Waals surface area contributed by atoms with E-state index in [0.29, 0.717) is 6.42 Å². The van der Waals surface area contributed by atoms with E-state index in [4.69, 9.17) is 14.6 Å². The Hall–Kier alpha value is -0.690. The Balaban J connectivity index is 1.82. The summed E-state index contributed by atoms with van der Waals surface area (Å²) < 4.78 is 10.5. The monoisotopic (exact) mass is 472 g/mol. The first kappa shape index (κ1) is 30.3. The van der Waals surface area contributed by atoms with Gasteiger partial charge >= 0.3 is 5.97 Å². The number of aliphatic hydroxyl groups excluding tert-OH is 3. The number of esters is 1. The fourth-order valence-corrected chi connectivity index (χ4v) is 4.56. The Kier molecular flexibility index (Phi) is 19.0. The maximum absolute atomic E-state index is 12.0. The summed E-state index contributed by atoms with van der Waals surface area (Å²) in [6, 6.07) is 0. The van der Waals surface area contributed by atoms with Gasteiger partial charge in [0.2, 0.25) is 0 Å². The van der Waals surface area contributed by atoms with Crippen LogP contribution in [-0.2, 0) is 14.3 Å². The van der Waals surface area contributed by atoms with Crippen molar-refractivity contribution in [1.82, 2.24) is 0 Å². The Morgan fingerprint density at radius 2 is 1.24 bits per heavy atom. The van der Waals surface area contributed by atoms with Crippen molar-refractivity contribution in [3.8, 4) is 0 Å². The lowest BCUT2D eigenvalue weighted by Gasteiger charge is -2.20. The number of rotatable bonds is 22. The minimum Gasteiger partial charge on any atom is -0.457 e. The minimum atomic E-state index is -1.17. The maximum atomic E-state index is 12.0. The van der Waals surface area contributed by atoms with Crippen LogP contribution in [0.25, 0.3) is 0 Å². The number of carbonyl (C=O) groups excluding carboxylic acids is 1. The molecule has 1 heterocycles. The molecule has 1 aliphatic rings. The van der Waals surface area contributed by atoms with Crippen molar-refractivity contribution in [2.75, 3.05) is 13.2 Å². The molecule has 0 saturated carbocycles. The van der Waals surface area contributed by atoms with Crippen LogP contribution >= 0.6 is 0 Å². The lowest BCUT2D eigenvalue weighted by atomic mass is 10.0. The largest absolute Gasteiger partial charge is 0.457 e. The van der Waals surface area contributed by atoms with E-state index in [1.807, 2.05) is 0 Å². The van der Waals surface area contributed by atoms with E-state index in [-0.39, 0.29) is 12.6 Å². The Bertz CT molecular complexity index is 458. The molecule has 33 heavy (non-hydrogen) atoms. The molecule has 1 rings (SSSR count). The number of carbonyl (C=O) groups is 1. The molecule has 6 heteroatoms. The van der Waals surface area contributed by atoms with Gasteiger partial charge in [-0.2, -0.15) is 0 Å². The molecule has 0 aromatic carbocycles. The molecule has 0 aromatic rings. The Morgan fingerprint density at radius 1 is 0.818 bits per heavy atom. The molecule has 1 saturated heterocycles. The fourth-order valence-electron chi connectivity index (χ4n) is 4.56. The summed E-state index contributed by atoms with van der Waals surface area (Å²) >= 11 is 0. The van der Waals surface area contributed by atoms with Gasteiger partial charge in [-0.3, -0.25) is 4.79 Å². The van der Waals surface area contributed by atoms with Gasteiger partial charge in [-0.25, -0.2) is 0 Å². The van der Waals surface area contributed by atoms with Gasteiger partial charge in [-0.1, -0.05) is 116 Å². The number of aliphatic hydroxyl groups is 3. The topological polar surface area (TPSA) is 96.2 Å². The van der Waals surface area contributed by atoms with Gasteiger partial charge in [0.1, 0.15) is 18.3 Å². The predicted octanol–water partition coefficient (Wildman–Crippen LogP) is 5.44. The van der Waals surface area contributed by atoms with Crippen LogP contribution in [0.2, 0.25) is 0 Å². The molecule has 6 nitrogen and oxygen atoms in total. The SMILES string of the molecule is CCCCCCCCCCCCCCCCCCCCC(=O)O[C@@H]1CO[C@H]([C@H](O)CO)[C@@H]1O. The van der Waals surface area contributed by atoms with Gasteiger partial charge in [0.15, 0.2) is 6.10 Å². The predicted molar refractivity (Wildman–Crippen MR) is 132 cm³/mol. The summed E-state index contributed by atoms with van der Waals surface area (Å²) in [6.07, 6.45) is 20.0. The zero-order valence-corrected chi connectivity index (χ0v) is 21.2. The minimum absolute atomic E-state index is 0.0494. The van der Waals surface area contributed by atoms with Gasteiger partial charge in [-0.05, 0) is 6.42 Å². The third-order valence-electron chi connectivity index (χ3n) is 6.75. The lowest BCUT2D eigenvalue weighted by molar-refractivity contribution is -0.153. The van der Waals surface area contributed by atoms with Crippen LogP contribution < -0.4 is 0 Å². The van der Waals surface area contributed by atoms with Crippen LogP contribution in [0.3, 0.4) is 0 Å². The van der Waals surface area contributed by atoms with Crippen molar-refractivity contribution in [2.45, 2.75) is 153 Å². The van der Waals surface area contributed by atoms with Crippen LogP contribution in [0, 0.1) is 0 Å². The van der Waals surface area contributed by atoms with Crippen LogP contribution in [0.1, 0.15) is 129 Å². The van der Waals surface area contributed by atoms with E-state index in [1.54, 1.807) is 0 Å². The number of hydrogen-bond acceptors (Lipinski definition) is 6. The first-order chi connectivity index (χ1) is 16.1. The first-order valence-corrected chi connectivity index (χ1v) is 13.9. The van der Waals surface area contributed by atoms with Gasteiger partial charge in [-0.15, -0.1) is 0 Å². The number of unbranched alkanes of at least 4 members (excludes halogenated alkanes) is 17. The lowest BCUT2D eigenvalue weighted by Crippen LogP contribution is -2.41. The summed E-state index contributed by atoms with van der Waals surface area (Å²) in [4.78, 5) is 12.0. The molecule has 0 spiro atoms. The molecule has 0 aliphatic carbocycles. The fraction of sp³-hybridized carbons (Fsp3) is 0.963. The van der Waals surface area contributed by atoms with Gasteiger partial charge < -0.3 is 24.8 Å². The van der Waals surface area contributed by atoms with Crippen molar-refractivity contribution >= 4 is 5.97 Å². The van der Waals surface area contributed by atoms with E-state index in [2.05, 4.69) is 6.92 Å². The first-order valence-electron chi connectivity index (χ1n) is 13.9. The summed E-state index contributed by atoms with van der Waals surface area (Å²) in [5, 5.41) is 28.6. The Morgan fingerprint density at radius 3 is 1.67 bits per heavy atom. The summed E-state index contributed by atoms with van der Waals surface area (Å²) in [5.74, 6) is -0.335. The molecule has 3 N–H and O–H groups in total. The van der Waals surface area contributed by atoms with Crippen molar-refractivity contribution in [2.24, 2.45) is 0 Å². The van der Waals surface area contributed by atoms with Crippen molar-refractivity contribution < 1.29 is 29.6 Å². The van der Waals surface area contributed by atoms with Crippen molar-refractivity contribution in [1.29, 1.82) is 0 Å². The zero-order chi connectivity index (χ0) is 24.2. The average Bonchev–Trinajstić information content (AvgIpc) is 3.17. The molecule has 0 amide bonds. The standard InChI is InChI=1S/C27H52O6/c1-2-3-4-5-6-7-8-9-10-11-12-13-14-15-16-17-18-19-20-25(30)33-24-22-32-27(26(24)31)23(29)21-28/h23-24,26-29,31H,2-22H2,1H3/t23-,24-,26-,27-/m1/s1. The van der Waals surface area contributed by atoms with Crippen molar-refractivity contribution in [3.05, 3.63) is 0 Å². The van der Waals surface area contributed by atoms with Crippen LogP contribution in [-0.4, -0.2) is 58.9 Å². The highest BCUT2D eigenvalue weighted by Crippen LogP contribution is 2.21. The second-order valence-corrected chi connectivity index (χ2v) is 9.83. The molecule has 1 fully saturated rings. The van der Waals surface area contributed by atoms with Gasteiger partial charge in [0, 0.05) is 6.42 Å². The van der Waals surface area contributed by atoms with Crippen LogP contribution in [0.5, 0.6) is 0 Å². The third-order valence-corrected chi connectivity index (χ3v) is 6.75. The highest BCUT2D eigenvalue weighted by Gasteiger charge is 2.42. The average molecular weight is 473 g/mol.